The zero-order valence-corrected chi connectivity index (χ0v) is 11.3. The summed E-state index contributed by atoms with van der Waals surface area (Å²) in [6.07, 6.45) is 4.77. The number of nitrogens with zero attached hydrogens (tertiary/aromatic N) is 5. The fraction of sp³-hybridized carbons (Fsp3) is 0.182. The highest BCUT2D eigenvalue weighted by atomic mass is 32.1. The van der Waals surface area contributed by atoms with Crippen molar-refractivity contribution in [2.75, 3.05) is 12.8 Å². The van der Waals surface area contributed by atoms with Gasteiger partial charge in [-0.3, -0.25) is 4.79 Å². The summed E-state index contributed by atoms with van der Waals surface area (Å²) in [5, 5.41) is 5.48. The SMILES string of the molecule is COC(=O)Cc1cnc(-n2ncc3c(N)ncnc32)s1. The van der Waals surface area contributed by atoms with E-state index in [9.17, 15) is 4.79 Å². The Morgan fingerprint density at radius 3 is 3.05 bits per heavy atom. The second-order valence-electron chi connectivity index (χ2n) is 3.91. The number of carbonyl (C=O) groups is 1. The summed E-state index contributed by atoms with van der Waals surface area (Å²) < 4.78 is 6.19. The Morgan fingerprint density at radius 1 is 1.40 bits per heavy atom. The van der Waals surface area contributed by atoms with E-state index in [2.05, 4.69) is 24.8 Å². The summed E-state index contributed by atoms with van der Waals surface area (Å²) in [7, 11) is 1.35. The molecule has 102 valence electrons. The van der Waals surface area contributed by atoms with Crippen LogP contribution in [0.1, 0.15) is 4.88 Å². The van der Waals surface area contributed by atoms with Gasteiger partial charge in [0.2, 0.25) is 5.13 Å². The monoisotopic (exact) mass is 290 g/mol. The van der Waals surface area contributed by atoms with Gasteiger partial charge in [0.15, 0.2) is 5.65 Å². The van der Waals surface area contributed by atoms with Gasteiger partial charge in [-0.15, -0.1) is 0 Å². The fourth-order valence-electron chi connectivity index (χ4n) is 1.69. The van der Waals surface area contributed by atoms with E-state index >= 15 is 0 Å². The highest BCUT2D eigenvalue weighted by molar-refractivity contribution is 7.14. The first-order valence-corrected chi connectivity index (χ1v) is 6.47. The predicted octanol–water partition coefficient (Wildman–Crippen LogP) is 0.570. The molecule has 3 aromatic rings. The van der Waals surface area contributed by atoms with Crippen LogP contribution in [0, 0.1) is 0 Å². The molecule has 0 bridgehead atoms. The van der Waals surface area contributed by atoms with Crippen LogP contribution in [-0.4, -0.2) is 37.8 Å². The Bertz CT molecular complexity index is 780. The van der Waals surface area contributed by atoms with Gasteiger partial charge < -0.3 is 10.5 Å². The Labute approximate surface area is 117 Å². The maximum absolute atomic E-state index is 11.2. The van der Waals surface area contributed by atoms with E-state index in [0.717, 1.165) is 4.88 Å². The van der Waals surface area contributed by atoms with Crippen LogP contribution in [0.15, 0.2) is 18.7 Å². The van der Waals surface area contributed by atoms with Gasteiger partial charge in [0.1, 0.15) is 12.1 Å². The molecular formula is C11H10N6O2S. The summed E-state index contributed by atoms with van der Waals surface area (Å²) in [6, 6.07) is 0. The minimum Gasteiger partial charge on any atom is -0.469 e. The van der Waals surface area contributed by atoms with Gasteiger partial charge in [-0.2, -0.15) is 9.78 Å². The molecule has 0 radical (unpaired) electrons. The molecule has 0 atom stereocenters. The lowest BCUT2D eigenvalue weighted by molar-refractivity contribution is -0.139. The van der Waals surface area contributed by atoms with Crippen molar-refractivity contribution in [3.05, 3.63) is 23.6 Å². The van der Waals surface area contributed by atoms with Crippen LogP contribution in [0.2, 0.25) is 0 Å². The van der Waals surface area contributed by atoms with E-state index in [4.69, 9.17) is 5.73 Å². The Kier molecular flexibility index (Phi) is 3.03. The van der Waals surface area contributed by atoms with Crippen molar-refractivity contribution in [2.24, 2.45) is 0 Å². The first kappa shape index (κ1) is 12.5. The van der Waals surface area contributed by atoms with Gasteiger partial charge >= 0.3 is 5.97 Å². The van der Waals surface area contributed by atoms with E-state index in [1.54, 1.807) is 17.1 Å². The first-order chi connectivity index (χ1) is 9.69. The molecule has 0 aromatic carbocycles. The Balaban J connectivity index is 1.99. The number of hydrogen-bond donors (Lipinski definition) is 1. The van der Waals surface area contributed by atoms with Crippen LogP contribution in [-0.2, 0) is 16.0 Å². The van der Waals surface area contributed by atoms with E-state index in [0.29, 0.717) is 22.0 Å². The molecule has 0 amide bonds. The summed E-state index contributed by atoms with van der Waals surface area (Å²) in [5.41, 5.74) is 6.33. The number of anilines is 1. The molecule has 0 unspecified atom stereocenters. The van der Waals surface area contributed by atoms with Crippen molar-refractivity contribution in [3.8, 4) is 5.13 Å². The molecule has 0 aliphatic carbocycles. The molecule has 0 aliphatic rings. The van der Waals surface area contributed by atoms with Crippen LogP contribution >= 0.6 is 11.3 Å². The normalized spacial score (nSPS) is 10.8. The van der Waals surface area contributed by atoms with Crippen molar-refractivity contribution in [1.82, 2.24) is 24.7 Å². The van der Waals surface area contributed by atoms with Gasteiger partial charge in [-0.25, -0.2) is 15.0 Å². The maximum Gasteiger partial charge on any atom is 0.310 e. The van der Waals surface area contributed by atoms with Crippen LogP contribution in [0.3, 0.4) is 0 Å². The second-order valence-corrected chi connectivity index (χ2v) is 5.01. The largest absolute Gasteiger partial charge is 0.469 e. The fourth-order valence-corrected chi connectivity index (χ4v) is 2.55. The van der Waals surface area contributed by atoms with Gasteiger partial charge in [0.25, 0.3) is 0 Å². The molecule has 20 heavy (non-hydrogen) atoms. The lowest BCUT2D eigenvalue weighted by Crippen LogP contribution is -2.02. The molecular weight excluding hydrogens is 280 g/mol. The third-order valence-electron chi connectivity index (χ3n) is 2.67. The summed E-state index contributed by atoms with van der Waals surface area (Å²) >= 11 is 1.34. The van der Waals surface area contributed by atoms with Gasteiger partial charge in [-0.05, 0) is 0 Å². The van der Waals surface area contributed by atoms with E-state index < -0.39 is 0 Å². The molecule has 8 nitrogen and oxygen atoms in total. The number of rotatable bonds is 3. The molecule has 9 heteroatoms. The van der Waals surface area contributed by atoms with Crippen molar-refractivity contribution in [1.29, 1.82) is 0 Å². The number of nitrogens with two attached hydrogens (primary N) is 1. The number of methoxy groups -OCH3 is 1. The average Bonchev–Trinajstić information content (AvgIpc) is 3.05. The smallest absolute Gasteiger partial charge is 0.310 e. The summed E-state index contributed by atoms with van der Waals surface area (Å²) in [5.74, 6) is 0.0599. The van der Waals surface area contributed by atoms with Gasteiger partial charge in [0.05, 0.1) is 25.1 Å². The molecule has 3 rings (SSSR count). The highest BCUT2D eigenvalue weighted by Gasteiger charge is 2.13. The number of hydrogen-bond acceptors (Lipinski definition) is 8. The molecule has 0 saturated heterocycles. The van der Waals surface area contributed by atoms with Gasteiger partial charge in [-0.1, -0.05) is 11.3 Å². The van der Waals surface area contributed by atoms with Crippen molar-refractivity contribution < 1.29 is 9.53 Å². The number of aromatic nitrogens is 5. The molecule has 0 spiro atoms. The molecule has 2 N–H and O–H groups in total. The molecule has 3 aromatic heterocycles. The number of carbonyl (C=O) groups excluding carboxylic acids is 1. The van der Waals surface area contributed by atoms with Crippen molar-refractivity contribution in [2.45, 2.75) is 6.42 Å². The third-order valence-corrected chi connectivity index (χ3v) is 3.64. The number of fused-ring (bicyclic) bond motifs is 1. The number of nitrogen functional groups attached to an aromatic ring is 1. The van der Waals surface area contributed by atoms with E-state index in [1.807, 2.05) is 0 Å². The van der Waals surface area contributed by atoms with E-state index in [-0.39, 0.29) is 12.4 Å². The standard InChI is InChI=1S/C11H10N6O2S/c1-19-8(18)2-6-3-13-11(20-6)17-10-7(4-16-17)9(12)14-5-15-10/h3-5H,2H2,1H3,(H2,12,14,15). The topological polar surface area (TPSA) is 109 Å². The van der Waals surface area contributed by atoms with Crippen molar-refractivity contribution >= 4 is 34.2 Å². The van der Waals surface area contributed by atoms with Crippen LogP contribution in [0.5, 0.6) is 0 Å². The maximum atomic E-state index is 11.2. The average molecular weight is 290 g/mol. The minimum absolute atomic E-state index is 0.185. The molecule has 0 saturated carbocycles. The second kappa shape index (κ2) is 4.85. The Morgan fingerprint density at radius 2 is 2.25 bits per heavy atom. The molecule has 0 fully saturated rings. The lowest BCUT2D eigenvalue weighted by atomic mass is 10.4. The quantitative estimate of drug-likeness (QED) is 0.702. The Hall–Kier alpha value is -2.55. The zero-order valence-electron chi connectivity index (χ0n) is 10.5. The van der Waals surface area contributed by atoms with Crippen molar-refractivity contribution in [3.63, 3.8) is 0 Å². The minimum atomic E-state index is -0.308. The molecule has 0 aliphatic heterocycles. The molecule has 3 heterocycles. The lowest BCUT2D eigenvalue weighted by Gasteiger charge is -1.97. The first-order valence-electron chi connectivity index (χ1n) is 5.65. The zero-order chi connectivity index (χ0) is 14.1. The van der Waals surface area contributed by atoms with Crippen LogP contribution < -0.4 is 5.73 Å². The number of thiazole rings is 1. The number of ether oxygens (including phenoxy) is 1. The predicted molar refractivity (Wildman–Crippen MR) is 72.5 cm³/mol. The van der Waals surface area contributed by atoms with Crippen LogP contribution in [0.25, 0.3) is 16.2 Å². The summed E-state index contributed by atoms with van der Waals surface area (Å²) in [6.45, 7) is 0. The highest BCUT2D eigenvalue weighted by Crippen LogP contribution is 2.23. The summed E-state index contributed by atoms with van der Waals surface area (Å²) in [4.78, 5) is 24.3. The van der Waals surface area contributed by atoms with Gasteiger partial charge in [0, 0.05) is 11.1 Å². The van der Waals surface area contributed by atoms with E-state index in [1.165, 1.54) is 24.8 Å². The van der Waals surface area contributed by atoms with Crippen LogP contribution in [0.4, 0.5) is 5.82 Å². The number of esters is 1. The third kappa shape index (κ3) is 2.07.